The number of nitrogens with zero attached hydrogens (tertiary/aromatic N) is 2. The minimum absolute atomic E-state index is 0.0587. The molecule has 0 radical (unpaired) electrons. The number of hydrogen-bond acceptors (Lipinski definition) is 7. The average molecular weight is 566 g/mol. The number of hydrogen-bond donors (Lipinski definition) is 3. The molecule has 0 spiro atoms. The maximum atomic E-state index is 13.3. The van der Waals surface area contributed by atoms with Crippen molar-refractivity contribution in [2.24, 2.45) is 5.92 Å². The molecule has 41 heavy (non-hydrogen) atoms. The first kappa shape index (κ1) is 31.8. The van der Waals surface area contributed by atoms with Crippen molar-refractivity contribution in [3.8, 4) is 0 Å². The molecule has 3 rings (SSSR count). The van der Waals surface area contributed by atoms with Crippen molar-refractivity contribution in [2.75, 3.05) is 46.3 Å². The van der Waals surface area contributed by atoms with Crippen molar-refractivity contribution in [1.82, 2.24) is 25.8 Å². The number of alkyl carbamates (subject to hydrolysis) is 1. The molecule has 1 saturated heterocycles. The van der Waals surface area contributed by atoms with Gasteiger partial charge in [-0.2, -0.15) is 0 Å². The number of carbonyl (C=O) groups is 4. The van der Waals surface area contributed by atoms with Gasteiger partial charge in [-0.05, 0) is 37.1 Å². The van der Waals surface area contributed by atoms with Crippen LogP contribution in [-0.4, -0.2) is 91.9 Å². The standard InChI is InChI=1S/C31H43N5O5/c1-23(2)27(34-31(40)41-22-25-13-8-5-9-14-25)29(38)33-26(21-24-11-6-4-7-12-24)28(37)30(39)32-15-10-16-36-19-17-35(3)18-20-36/h4-9,11-14,23,26-27H,10,15-22H2,1-3H3,(H,32,39)(H,33,38)(H,34,40)/t26-,27-/m0/s1. The van der Waals surface area contributed by atoms with Gasteiger partial charge in [0.25, 0.3) is 5.91 Å². The Bertz CT molecular complexity index is 1120. The van der Waals surface area contributed by atoms with Crippen LogP contribution in [0, 0.1) is 5.92 Å². The summed E-state index contributed by atoms with van der Waals surface area (Å²) in [5.41, 5.74) is 1.61. The van der Waals surface area contributed by atoms with E-state index in [1.54, 1.807) is 13.8 Å². The van der Waals surface area contributed by atoms with Gasteiger partial charge in [0.15, 0.2) is 0 Å². The molecule has 1 aliphatic heterocycles. The third-order valence-corrected chi connectivity index (χ3v) is 7.11. The van der Waals surface area contributed by atoms with Crippen molar-refractivity contribution < 1.29 is 23.9 Å². The molecule has 3 amide bonds. The van der Waals surface area contributed by atoms with Gasteiger partial charge in [0.1, 0.15) is 18.7 Å². The Morgan fingerprint density at radius 2 is 1.46 bits per heavy atom. The second-order valence-corrected chi connectivity index (χ2v) is 10.8. The van der Waals surface area contributed by atoms with Crippen LogP contribution in [0.4, 0.5) is 4.79 Å². The number of ether oxygens (including phenoxy) is 1. The molecule has 0 bridgehead atoms. The van der Waals surface area contributed by atoms with Crippen LogP contribution in [0.25, 0.3) is 0 Å². The topological polar surface area (TPSA) is 120 Å². The summed E-state index contributed by atoms with van der Waals surface area (Å²) in [5.74, 6) is -2.32. The van der Waals surface area contributed by atoms with Gasteiger partial charge in [0, 0.05) is 39.1 Å². The second kappa shape index (κ2) is 16.5. The summed E-state index contributed by atoms with van der Waals surface area (Å²) in [4.78, 5) is 56.5. The predicted octanol–water partition coefficient (Wildman–Crippen LogP) is 1.99. The molecule has 10 nitrogen and oxygen atoms in total. The lowest BCUT2D eigenvalue weighted by Gasteiger charge is -2.32. The Morgan fingerprint density at radius 1 is 0.854 bits per heavy atom. The molecule has 1 aliphatic rings. The average Bonchev–Trinajstić information content (AvgIpc) is 2.98. The largest absolute Gasteiger partial charge is 0.445 e. The van der Waals surface area contributed by atoms with E-state index in [0.717, 1.165) is 50.3 Å². The number of piperazine rings is 1. The van der Waals surface area contributed by atoms with Gasteiger partial charge in [-0.25, -0.2) is 4.79 Å². The number of likely N-dealkylation sites (N-methyl/N-ethyl adjacent to an activating group) is 1. The predicted molar refractivity (Wildman–Crippen MR) is 157 cm³/mol. The zero-order valence-electron chi connectivity index (χ0n) is 24.3. The molecule has 1 heterocycles. The molecule has 1 fully saturated rings. The zero-order chi connectivity index (χ0) is 29.6. The monoisotopic (exact) mass is 565 g/mol. The molecule has 222 valence electrons. The van der Waals surface area contributed by atoms with Crippen LogP contribution >= 0.6 is 0 Å². The highest BCUT2D eigenvalue weighted by molar-refractivity contribution is 6.38. The highest BCUT2D eigenvalue weighted by Crippen LogP contribution is 2.09. The molecule has 2 aromatic carbocycles. The van der Waals surface area contributed by atoms with Gasteiger partial charge < -0.3 is 30.5 Å². The quantitative estimate of drug-likeness (QED) is 0.237. The second-order valence-electron chi connectivity index (χ2n) is 10.8. The first-order chi connectivity index (χ1) is 19.7. The van der Waals surface area contributed by atoms with Crippen molar-refractivity contribution in [2.45, 2.75) is 45.4 Å². The van der Waals surface area contributed by atoms with Gasteiger partial charge in [0.2, 0.25) is 11.7 Å². The van der Waals surface area contributed by atoms with Gasteiger partial charge >= 0.3 is 6.09 Å². The van der Waals surface area contributed by atoms with E-state index in [1.807, 2.05) is 60.7 Å². The third-order valence-electron chi connectivity index (χ3n) is 7.11. The minimum atomic E-state index is -1.09. The van der Waals surface area contributed by atoms with Crippen molar-refractivity contribution in [3.63, 3.8) is 0 Å². The fourth-order valence-corrected chi connectivity index (χ4v) is 4.57. The SMILES string of the molecule is CC(C)[C@H](NC(=O)OCc1ccccc1)C(=O)N[C@@H](Cc1ccccc1)C(=O)C(=O)NCCCN1CCN(C)CC1. The van der Waals surface area contributed by atoms with E-state index < -0.39 is 35.8 Å². The third kappa shape index (κ3) is 11.0. The van der Waals surface area contributed by atoms with Crippen molar-refractivity contribution >= 4 is 23.7 Å². The lowest BCUT2D eigenvalue weighted by Crippen LogP contribution is -2.56. The van der Waals surface area contributed by atoms with Crippen LogP contribution < -0.4 is 16.0 Å². The van der Waals surface area contributed by atoms with Crippen LogP contribution in [-0.2, 0) is 32.1 Å². The summed E-state index contributed by atoms with van der Waals surface area (Å²) in [7, 11) is 2.10. The number of amides is 3. The molecule has 0 aliphatic carbocycles. The fourth-order valence-electron chi connectivity index (χ4n) is 4.57. The highest BCUT2D eigenvalue weighted by atomic mass is 16.5. The molecule has 0 unspecified atom stereocenters. The van der Waals surface area contributed by atoms with Crippen LogP contribution in [0.5, 0.6) is 0 Å². The Balaban J connectivity index is 1.57. The van der Waals surface area contributed by atoms with E-state index in [-0.39, 0.29) is 18.9 Å². The fraction of sp³-hybridized carbons (Fsp3) is 0.484. The van der Waals surface area contributed by atoms with E-state index in [0.29, 0.717) is 6.54 Å². The Hall–Kier alpha value is -3.76. The summed E-state index contributed by atoms with van der Waals surface area (Å²) in [6.45, 7) is 8.83. The molecule has 0 saturated carbocycles. The lowest BCUT2D eigenvalue weighted by atomic mass is 9.99. The Morgan fingerprint density at radius 3 is 2.07 bits per heavy atom. The molecule has 0 aromatic heterocycles. The van der Waals surface area contributed by atoms with Crippen LogP contribution in [0.15, 0.2) is 60.7 Å². The van der Waals surface area contributed by atoms with E-state index in [9.17, 15) is 19.2 Å². The summed E-state index contributed by atoms with van der Waals surface area (Å²) < 4.78 is 5.28. The van der Waals surface area contributed by atoms with Crippen LogP contribution in [0.3, 0.4) is 0 Å². The molecule has 10 heteroatoms. The Labute approximate surface area is 242 Å². The minimum Gasteiger partial charge on any atom is -0.445 e. The van der Waals surface area contributed by atoms with Gasteiger partial charge in [0.05, 0.1) is 0 Å². The number of carbonyl (C=O) groups excluding carboxylic acids is 4. The molecule has 3 N–H and O–H groups in total. The van der Waals surface area contributed by atoms with E-state index in [1.165, 1.54) is 0 Å². The van der Waals surface area contributed by atoms with E-state index >= 15 is 0 Å². The first-order valence-electron chi connectivity index (χ1n) is 14.3. The number of rotatable bonds is 14. The molecule has 2 aromatic rings. The summed E-state index contributed by atoms with van der Waals surface area (Å²) in [5, 5.41) is 8.05. The number of ketones is 1. The number of nitrogens with one attached hydrogen (secondary N) is 3. The summed E-state index contributed by atoms with van der Waals surface area (Å²) in [6, 6.07) is 16.3. The summed E-state index contributed by atoms with van der Waals surface area (Å²) >= 11 is 0. The van der Waals surface area contributed by atoms with Crippen LogP contribution in [0.1, 0.15) is 31.4 Å². The highest BCUT2D eigenvalue weighted by Gasteiger charge is 2.32. The smallest absolute Gasteiger partial charge is 0.408 e. The summed E-state index contributed by atoms with van der Waals surface area (Å²) in [6.07, 6.45) is 0.124. The molecular weight excluding hydrogens is 522 g/mol. The van der Waals surface area contributed by atoms with Gasteiger partial charge in [-0.3, -0.25) is 14.4 Å². The molecular formula is C31H43N5O5. The molecule has 2 atom stereocenters. The number of Topliss-reactive ketones (excluding diaryl/α,β-unsaturated/α-hetero) is 1. The van der Waals surface area contributed by atoms with E-state index in [2.05, 4.69) is 32.8 Å². The number of benzene rings is 2. The lowest BCUT2D eigenvalue weighted by molar-refractivity contribution is -0.140. The normalized spacial score (nSPS) is 15.5. The van der Waals surface area contributed by atoms with Gasteiger partial charge in [-0.15, -0.1) is 0 Å². The van der Waals surface area contributed by atoms with Crippen molar-refractivity contribution in [1.29, 1.82) is 0 Å². The zero-order valence-corrected chi connectivity index (χ0v) is 24.3. The maximum Gasteiger partial charge on any atom is 0.408 e. The van der Waals surface area contributed by atoms with Gasteiger partial charge in [-0.1, -0.05) is 74.5 Å². The first-order valence-corrected chi connectivity index (χ1v) is 14.3. The Kier molecular flexibility index (Phi) is 12.8. The van der Waals surface area contributed by atoms with Crippen LogP contribution in [0.2, 0.25) is 0 Å². The van der Waals surface area contributed by atoms with Crippen molar-refractivity contribution in [3.05, 3.63) is 71.8 Å². The maximum absolute atomic E-state index is 13.3. The van der Waals surface area contributed by atoms with E-state index in [4.69, 9.17) is 4.74 Å².